The number of aryl methyl sites for hydroxylation is 1. The first-order valence-electron chi connectivity index (χ1n) is 5.32. The van der Waals surface area contributed by atoms with E-state index in [-0.39, 0.29) is 0 Å². The predicted octanol–water partition coefficient (Wildman–Crippen LogP) is 3.39. The van der Waals surface area contributed by atoms with Gasteiger partial charge in [-0.3, -0.25) is 0 Å². The molecule has 1 aliphatic rings. The molecule has 1 aliphatic carbocycles. The number of benzene rings is 1. The predicted molar refractivity (Wildman–Crippen MR) is 71.6 cm³/mol. The van der Waals surface area contributed by atoms with E-state index in [2.05, 4.69) is 45.7 Å². The van der Waals surface area contributed by atoms with Crippen LogP contribution in [-0.4, -0.2) is 18.6 Å². The highest BCUT2D eigenvalue weighted by molar-refractivity contribution is 9.10. The summed E-state index contributed by atoms with van der Waals surface area (Å²) in [5, 5.41) is 3.62. The fraction of sp³-hybridized carbons (Fsp3) is 0.500. The molecule has 0 fully saturated rings. The van der Waals surface area contributed by atoms with E-state index in [1.807, 2.05) is 11.8 Å². The zero-order chi connectivity index (χ0) is 10.7. The Labute approximate surface area is 104 Å². The van der Waals surface area contributed by atoms with Crippen molar-refractivity contribution in [2.75, 3.05) is 18.6 Å². The Balaban J connectivity index is 2.02. The average Bonchev–Trinajstić information content (AvgIpc) is 2.61. The van der Waals surface area contributed by atoms with Crippen LogP contribution in [0.2, 0.25) is 0 Å². The van der Waals surface area contributed by atoms with Gasteiger partial charge in [0.1, 0.15) is 0 Å². The van der Waals surface area contributed by atoms with Gasteiger partial charge in [0.25, 0.3) is 0 Å². The van der Waals surface area contributed by atoms with Gasteiger partial charge in [-0.15, -0.1) is 0 Å². The number of nitrogens with one attached hydrogen (secondary N) is 1. The second kappa shape index (κ2) is 5.37. The number of thioether (sulfide) groups is 1. The summed E-state index contributed by atoms with van der Waals surface area (Å²) in [5.74, 6) is 1.20. The van der Waals surface area contributed by atoms with E-state index >= 15 is 0 Å². The molecule has 1 N–H and O–H groups in total. The van der Waals surface area contributed by atoms with Crippen LogP contribution in [0.1, 0.15) is 23.6 Å². The molecule has 0 radical (unpaired) electrons. The Hall–Kier alpha value is 0.01000. The second-order valence-corrected chi connectivity index (χ2v) is 5.78. The van der Waals surface area contributed by atoms with Crippen LogP contribution in [-0.2, 0) is 6.42 Å². The Morgan fingerprint density at radius 1 is 1.53 bits per heavy atom. The monoisotopic (exact) mass is 285 g/mol. The standard InChI is InChI=1S/C12H16BrNS/c1-15-7-6-14-12-5-2-9-8-10(13)3-4-11(9)12/h3-4,8,12,14H,2,5-7H2,1H3. The molecular weight excluding hydrogens is 270 g/mol. The third-order valence-electron chi connectivity index (χ3n) is 2.88. The second-order valence-electron chi connectivity index (χ2n) is 3.88. The number of hydrogen-bond acceptors (Lipinski definition) is 2. The van der Waals surface area contributed by atoms with Crippen LogP contribution in [0.5, 0.6) is 0 Å². The molecule has 2 rings (SSSR count). The average molecular weight is 286 g/mol. The van der Waals surface area contributed by atoms with Crippen LogP contribution in [0.3, 0.4) is 0 Å². The number of halogens is 1. The molecule has 0 amide bonds. The molecule has 3 heteroatoms. The minimum Gasteiger partial charge on any atom is -0.309 e. The normalized spacial score (nSPS) is 19.2. The van der Waals surface area contributed by atoms with Crippen molar-refractivity contribution in [3.63, 3.8) is 0 Å². The van der Waals surface area contributed by atoms with Crippen LogP contribution in [0.25, 0.3) is 0 Å². The Kier molecular flexibility index (Phi) is 4.12. The maximum Gasteiger partial charge on any atom is 0.0326 e. The van der Waals surface area contributed by atoms with Crippen LogP contribution in [0.15, 0.2) is 22.7 Å². The lowest BCUT2D eigenvalue weighted by molar-refractivity contribution is 0.552. The summed E-state index contributed by atoms with van der Waals surface area (Å²) < 4.78 is 1.20. The van der Waals surface area contributed by atoms with E-state index < -0.39 is 0 Å². The van der Waals surface area contributed by atoms with Gasteiger partial charge in [-0.1, -0.05) is 22.0 Å². The zero-order valence-corrected chi connectivity index (χ0v) is 11.3. The molecule has 0 saturated carbocycles. The summed E-state index contributed by atoms with van der Waals surface area (Å²) >= 11 is 5.42. The summed E-state index contributed by atoms with van der Waals surface area (Å²) in [6.45, 7) is 1.11. The highest BCUT2D eigenvalue weighted by Crippen LogP contribution is 2.32. The van der Waals surface area contributed by atoms with Crippen molar-refractivity contribution in [3.8, 4) is 0 Å². The lowest BCUT2D eigenvalue weighted by Gasteiger charge is -2.13. The Morgan fingerprint density at radius 3 is 3.20 bits per heavy atom. The molecule has 0 bridgehead atoms. The lowest BCUT2D eigenvalue weighted by atomic mass is 10.1. The van der Waals surface area contributed by atoms with Gasteiger partial charge >= 0.3 is 0 Å². The Morgan fingerprint density at radius 2 is 2.40 bits per heavy atom. The summed E-state index contributed by atoms with van der Waals surface area (Å²) in [7, 11) is 0. The van der Waals surface area contributed by atoms with Crippen molar-refractivity contribution < 1.29 is 0 Å². The summed E-state index contributed by atoms with van der Waals surface area (Å²) in [5.41, 5.74) is 3.00. The van der Waals surface area contributed by atoms with E-state index in [9.17, 15) is 0 Å². The number of fused-ring (bicyclic) bond motifs is 1. The first kappa shape index (κ1) is 11.5. The van der Waals surface area contributed by atoms with Crippen LogP contribution in [0.4, 0.5) is 0 Å². The van der Waals surface area contributed by atoms with Gasteiger partial charge in [0.15, 0.2) is 0 Å². The molecule has 0 aliphatic heterocycles. The van der Waals surface area contributed by atoms with E-state index in [1.54, 1.807) is 0 Å². The Bertz CT molecular complexity index is 340. The smallest absolute Gasteiger partial charge is 0.0326 e. The fourth-order valence-corrected chi connectivity index (χ4v) is 2.86. The summed E-state index contributed by atoms with van der Waals surface area (Å²) in [6.07, 6.45) is 4.62. The van der Waals surface area contributed by atoms with Gasteiger partial charge in [-0.05, 0) is 42.4 Å². The zero-order valence-electron chi connectivity index (χ0n) is 8.92. The highest BCUT2D eigenvalue weighted by Gasteiger charge is 2.21. The van der Waals surface area contributed by atoms with Crippen LogP contribution in [0, 0.1) is 0 Å². The van der Waals surface area contributed by atoms with E-state index in [4.69, 9.17) is 0 Å². The number of rotatable bonds is 4. The van der Waals surface area contributed by atoms with Crippen molar-refractivity contribution in [2.24, 2.45) is 0 Å². The number of hydrogen-bond donors (Lipinski definition) is 1. The third kappa shape index (κ3) is 2.77. The maximum absolute atomic E-state index is 3.62. The highest BCUT2D eigenvalue weighted by atomic mass is 79.9. The van der Waals surface area contributed by atoms with Gasteiger partial charge in [0.05, 0.1) is 0 Å². The molecule has 0 heterocycles. The molecule has 1 aromatic rings. The first-order chi connectivity index (χ1) is 7.31. The third-order valence-corrected chi connectivity index (χ3v) is 3.99. The molecule has 15 heavy (non-hydrogen) atoms. The molecular formula is C12H16BrNS. The quantitative estimate of drug-likeness (QED) is 0.852. The SMILES string of the molecule is CSCCNC1CCc2cc(Br)ccc21. The molecule has 82 valence electrons. The summed E-state index contributed by atoms with van der Waals surface area (Å²) in [4.78, 5) is 0. The van der Waals surface area contributed by atoms with Gasteiger partial charge in [0, 0.05) is 22.8 Å². The van der Waals surface area contributed by atoms with Crippen molar-refractivity contribution in [1.29, 1.82) is 0 Å². The van der Waals surface area contributed by atoms with E-state index in [1.165, 1.54) is 34.2 Å². The van der Waals surface area contributed by atoms with Gasteiger partial charge in [-0.2, -0.15) is 11.8 Å². The van der Waals surface area contributed by atoms with Crippen molar-refractivity contribution in [1.82, 2.24) is 5.32 Å². The fourth-order valence-electron chi connectivity index (χ4n) is 2.13. The van der Waals surface area contributed by atoms with Gasteiger partial charge in [0.2, 0.25) is 0 Å². The molecule has 0 aromatic heterocycles. The van der Waals surface area contributed by atoms with E-state index in [0.29, 0.717) is 6.04 Å². The molecule has 1 atom stereocenters. The molecule has 1 aromatic carbocycles. The molecule has 1 unspecified atom stereocenters. The molecule has 0 spiro atoms. The van der Waals surface area contributed by atoms with Gasteiger partial charge < -0.3 is 5.32 Å². The minimum absolute atomic E-state index is 0.584. The van der Waals surface area contributed by atoms with Crippen LogP contribution >= 0.6 is 27.7 Å². The van der Waals surface area contributed by atoms with Gasteiger partial charge in [-0.25, -0.2) is 0 Å². The molecule has 1 nitrogen and oxygen atoms in total. The minimum atomic E-state index is 0.584. The van der Waals surface area contributed by atoms with Crippen molar-refractivity contribution >= 4 is 27.7 Å². The van der Waals surface area contributed by atoms with E-state index in [0.717, 1.165) is 6.54 Å². The topological polar surface area (TPSA) is 12.0 Å². The molecule has 0 saturated heterocycles. The lowest BCUT2D eigenvalue weighted by Crippen LogP contribution is -2.21. The van der Waals surface area contributed by atoms with Crippen molar-refractivity contribution in [3.05, 3.63) is 33.8 Å². The maximum atomic E-state index is 3.62. The summed E-state index contributed by atoms with van der Waals surface area (Å²) in [6, 6.07) is 7.24. The first-order valence-corrected chi connectivity index (χ1v) is 7.50. The van der Waals surface area contributed by atoms with Crippen LogP contribution < -0.4 is 5.32 Å². The van der Waals surface area contributed by atoms with Crippen molar-refractivity contribution in [2.45, 2.75) is 18.9 Å². The largest absolute Gasteiger partial charge is 0.309 e.